The van der Waals surface area contributed by atoms with E-state index in [1.54, 1.807) is 12.1 Å². The molecule has 1 amide bonds. The summed E-state index contributed by atoms with van der Waals surface area (Å²) in [6, 6.07) is 6.30. The van der Waals surface area contributed by atoms with Crippen molar-refractivity contribution in [1.82, 2.24) is 10.2 Å². The maximum atomic E-state index is 14.0. The summed E-state index contributed by atoms with van der Waals surface area (Å²) in [4.78, 5) is 13.4. The Bertz CT molecular complexity index is 496. The average molecular weight is 295 g/mol. The second-order valence-corrected chi connectivity index (χ2v) is 5.44. The summed E-state index contributed by atoms with van der Waals surface area (Å²) in [5.74, 6) is -0.246. The fraction of sp³-hybridized carbons (Fsp3) is 0.533. The van der Waals surface area contributed by atoms with Crippen molar-refractivity contribution in [2.45, 2.75) is 31.5 Å². The Labute approximate surface area is 124 Å². The van der Waals surface area contributed by atoms with Gasteiger partial charge in [0, 0.05) is 30.7 Å². The Hall–Kier alpha value is -1.66. The molecule has 1 saturated heterocycles. The molecule has 3 N–H and O–H groups in total. The highest BCUT2D eigenvalue weighted by Gasteiger charge is 2.33. The fourth-order valence-electron chi connectivity index (χ4n) is 2.91. The van der Waals surface area contributed by atoms with Gasteiger partial charge in [-0.15, -0.1) is 0 Å². The van der Waals surface area contributed by atoms with E-state index >= 15 is 0 Å². The van der Waals surface area contributed by atoms with Crippen LogP contribution < -0.4 is 11.1 Å². The summed E-state index contributed by atoms with van der Waals surface area (Å²) in [7, 11) is 1.34. The zero-order valence-corrected chi connectivity index (χ0v) is 12.4. The molecule has 1 aliphatic rings. The molecule has 116 valence electrons. The van der Waals surface area contributed by atoms with Crippen LogP contribution >= 0.6 is 0 Å². The van der Waals surface area contributed by atoms with Gasteiger partial charge in [-0.2, -0.15) is 0 Å². The number of carbonyl (C=O) groups excluding carboxylic acids is 1. The second-order valence-electron chi connectivity index (χ2n) is 5.44. The largest absolute Gasteiger partial charge is 0.453 e. The van der Waals surface area contributed by atoms with Gasteiger partial charge in [0.1, 0.15) is 5.82 Å². The van der Waals surface area contributed by atoms with Crippen LogP contribution in [0.15, 0.2) is 24.3 Å². The van der Waals surface area contributed by atoms with Crippen LogP contribution in [0.25, 0.3) is 0 Å². The number of amides is 1. The molecule has 2 rings (SSSR count). The second kappa shape index (κ2) is 6.87. The van der Waals surface area contributed by atoms with E-state index in [2.05, 4.69) is 15.0 Å². The van der Waals surface area contributed by atoms with Crippen LogP contribution in [-0.4, -0.2) is 43.3 Å². The normalized spacial score (nSPS) is 21.8. The SMILES string of the molecule is COC(=O)NC1CCN(C(c2ccccc2F)C(C)N)C1. The molecule has 1 fully saturated rings. The van der Waals surface area contributed by atoms with Crippen molar-refractivity contribution in [3.63, 3.8) is 0 Å². The quantitative estimate of drug-likeness (QED) is 0.886. The van der Waals surface area contributed by atoms with Crippen LogP contribution in [0.4, 0.5) is 9.18 Å². The molecule has 0 aromatic heterocycles. The first kappa shape index (κ1) is 15.7. The third kappa shape index (κ3) is 3.71. The van der Waals surface area contributed by atoms with E-state index in [0.717, 1.165) is 13.0 Å². The lowest BCUT2D eigenvalue weighted by atomic mass is 9.99. The average Bonchev–Trinajstić information content (AvgIpc) is 2.89. The standard InChI is InChI=1S/C15H22FN3O2/c1-10(17)14(12-5-3-4-6-13(12)16)19-8-7-11(9-19)18-15(20)21-2/h3-6,10-11,14H,7-9,17H2,1-2H3,(H,18,20). The molecule has 0 aliphatic carbocycles. The van der Waals surface area contributed by atoms with E-state index < -0.39 is 6.09 Å². The molecule has 1 aromatic carbocycles. The highest BCUT2D eigenvalue weighted by Crippen LogP contribution is 2.29. The van der Waals surface area contributed by atoms with Crippen molar-refractivity contribution in [1.29, 1.82) is 0 Å². The number of rotatable bonds is 4. The number of nitrogens with zero attached hydrogens (tertiary/aromatic N) is 1. The maximum Gasteiger partial charge on any atom is 0.407 e. The summed E-state index contributed by atoms with van der Waals surface area (Å²) >= 11 is 0. The van der Waals surface area contributed by atoms with Gasteiger partial charge in [-0.25, -0.2) is 9.18 Å². The van der Waals surface area contributed by atoms with Crippen LogP contribution in [0.2, 0.25) is 0 Å². The van der Waals surface area contributed by atoms with Crippen molar-refractivity contribution < 1.29 is 13.9 Å². The van der Waals surface area contributed by atoms with Gasteiger partial charge in [-0.05, 0) is 19.4 Å². The molecule has 1 aliphatic heterocycles. The highest BCUT2D eigenvalue weighted by atomic mass is 19.1. The summed E-state index contributed by atoms with van der Waals surface area (Å²) < 4.78 is 18.6. The monoisotopic (exact) mass is 295 g/mol. The minimum Gasteiger partial charge on any atom is -0.453 e. The van der Waals surface area contributed by atoms with Gasteiger partial charge in [0.05, 0.1) is 13.2 Å². The van der Waals surface area contributed by atoms with Crippen LogP contribution in [0.3, 0.4) is 0 Å². The molecule has 1 heterocycles. The van der Waals surface area contributed by atoms with E-state index in [4.69, 9.17) is 5.73 Å². The number of nitrogens with one attached hydrogen (secondary N) is 1. The number of carbonyl (C=O) groups is 1. The number of halogens is 1. The Balaban J connectivity index is 2.11. The van der Waals surface area contributed by atoms with Gasteiger partial charge >= 0.3 is 6.09 Å². The summed E-state index contributed by atoms with van der Waals surface area (Å²) in [5, 5.41) is 2.78. The summed E-state index contributed by atoms with van der Waals surface area (Å²) in [6.45, 7) is 3.27. The minimum absolute atomic E-state index is 0.00507. The molecule has 0 bridgehead atoms. The maximum absolute atomic E-state index is 14.0. The van der Waals surface area contributed by atoms with Crippen molar-refractivity contribution >= 4 is 6.09 Å². The van der Waals surface area contributed by atoms with E-state index in [9.17, 15) is 9.18 Å². The first-order chi connectivity index (χ1) is 10.0. The number of alkyl carbamates (subject to hydrolysis) is 1. The Morgan fingerprint density at radius 1 is 1.52 bits per heavy atom. The van der Waals surface area contributed by atoms with Crippen LogP contribution in [0, 0.1) is 5.82 Å². The van der Waals surface area contributed by atoms with E-state index in [1.807, 2.05) is 13.0 Å². The van der Waals surface area contributed by atoms with Gasteiger partial charge in [-0.1, -0.05) is 18.2 Å². The van der Waals surface area contributed by atoms with E-state index in [0.29, 0.717) is 12.1 Å². The molecule has 21 heavy (non-hydrogen) atoms. The summed E-state index contributed by atoms with van der Waals surface area (Å²) in [6.07, 6.45) is 0.359. The lowest BCUT2D eigenvalue weighted by molar-refractivity contribution is 0.164. The van der Waals surface area contributed by atoms with Gasteiger partial charge in [0.15, 0.2) is 0 Å². The van der Waals surface area contributed by atoms with Crippen LogP contribution in [0.5, 0.6) is 0 Å². The smallest absolute Gasteiger partial charge is 0.407 e. The predicted molar refractivity (Wildman–Crippen MR) is 78.3 cm³/mol. The number of hydrogen-bond donors (Lipinski definition) is 2. The number of methoxy groups -OCH3 is 1. The number of hydrogen-bond acceptors (Lipinski definition) is 4. The Morgan fingerprint density at radius 2 is 2.24 bits per heavy atom. The Kier molecular flexibility index (Phi) is 5.14. The number of benzene rings is 1. The molecule has 1 aromatic rings. The lowest BCUT2D eigenvalue weighted by Crippen LogP contribution is -2.42. The van der Waals surface area contributed by atoms with Crippen molar-refractivity contribution in [2.75, 3.05) is 20.2 Å². The fourth-order valence-corrected chi connectivity index (χ4v) is 2.91. The zero-order chi connectivity index (χ0) is 15.4. The van der Waals surface area contributed by atoms with Crippen molar-refractivity contribution in [3.05, 3.63) is 35.6 Å². The van der Waals surface area contributed by atoms with Crippen LogP contribution in [-0.2, 0) is 4.74 Å². The van der Waals surface area contributed by atoms with Crippen molar-refractivity contribution in [3.8, 4) is 0 Å². The van der Waals surface area contributed by atoms with Gasteiger partial charge < -0.3 is 15.8 Å². The molecular weight excluding hydrogens is 273 g/mol. The first-order valence-electron chi connectivity index (χ1n) is 7.11. The van der Waals surface area contributed by atoms with Crippen molar-refractivity contribution in [2.24, 2.45) is 5.73 Å². The molecule has 3 atom stereocenters. The molecular formula is C15H22FN3O2. The third-order valence-corrected chi connectivity index (χ3v) is 3.84. The Morgan fingerprint density at radius 3 is 2.86 bits per heavy atom. The molecule has 3 unspecified atom stereocenters. The minimum atomic E-state index is -0.440. The van der Waals surface area contributed by atoms with Gasteiger partial charge in [-0.3, -0.25) is 4.90 Å². The third-order valence-electron chi connectivity index (χ3n) is 3.84. The highest BCUT2D eigenvalue weighted by molar-refractivity contribution is 5.67. The van der Waals surface area contributed by atoms with Crippen LogP contribution in [0.1, 0.15) is 24.9 Å². The number of nitrogens with two attached hydrogens (primary N) is 1. The van der Waals surface area contributed by atoms with Gasteiger partial charge in [0.2, 0.25) is 0 Å². The molecule has 0 spiro atoms. The molecule has 6 heteroatoms. The molecule has 5 nitrogen and oxygen atoms in total. The summed E-state index contributed by atoms with van der Waals surface area (Å²) in [5.41, 5.74) is 6.67. The number of likely N-dealkylation sites (tertiary alicyclic amines) is 1. The lowest BCUT2D eigenvalue weighted by Gasteiger charge is -2.31. The molecule has 0 saturated carbocycles. The topological polar surface area (TPSA) is 67.6 Å². The molecule has 0 radical (unpaired) electrons. The first-order valence-corrected chi connectivity index (χ1v) is 7.11. The predicted octanol–water partition coefficient (Wildman–Crippen LogP) is 1.64. The van der Waals surface area contributed by atoms with Gasteiger partial charge in [0.25, 0.3) is 0 Å². The van der Waals surface area contributed by atoms with E-state index in [1.165, 1.54) is 13.2 Å². The number of ether oxygens (including phenoxy) is 1. The zero-order valence-electron chi connectivity index (χ0n) is 12.4. The van der Waals surface area contributed by atoms with E-state index in [-0.39, 0.29) is 23.9 Å².